The van der Waals surface area contributed by atoms with E-state index < -0.39 is 5.92 Å². The average Bonchev–Trinajstić information content (AvgIpc) is 3.33. The van der Waals surface area contributed by atoms with Crippen molar-refractivity contribution in [2.75, 3.05) is 19.7 Å². The minimum absolute atomic E-state index is 0.0125. The van der Waals surface area contributed by atoms with Crippen molar-refractivity contribution in [1.29, 1.82) is 0 Å². The molecule has 1 fully saturated rings. The number of nitrogens with one attached hydrogen (secondary N) is 1. The van der Waals surface area contributed by atoms with Gasteiger partial charge in [-0.1, -0.05) is 6.92 Å². The van der Waals surface area contributed by atoms with Crippen molar-refractivity contribution in [3.63, 3.8) is 0 Å². The molecule has 1 aliphatic heterocycles. The summed E-state index contributed by atoms with van der Waals surface area (Å²) in [4.78, 5) is 26.6. The number of amides is 2. The van der Waals surface area contributed by atoms with E-state index in [1.165, 1.54) is 0 Å². The van der Waals surface area contributed by atoms with Crippen molar-refractivity contribution in [2.45, 2.75) is 32.7 Å². The first-order valence-corrected chi connectivity index (χ1v) is 9.32. The second-order valence-electron chi connectivity index (χ2n) is 7.05. The molecule has 3 rings (SSSR count). The summed E-state index contributed by atoms with van der Waals surface area (Å²) in [6.07, 6.45) is 3.52. The van der Waals surface area contributed by atoms with Crippen molar-refractivity contribution in [3.05, 3.63) is 47.8 Å². The van der Waals surface area contributed by atoms with Crippen molar-refractivity contribution in [2.24, 2.45) is 5.92 Å². The first kappa shape index (κ1) is 19.1. The van der Waals surface area contributed by atoms with E-state index in [1.807, 2.05) is 29.8 Å². The number of rotatable bonds is 6. The molecule has 27 heavy (non-hydrogen) atoms. The lowest BCUT2D eigenvalue weighted by molar-refractivity contribution is -0.136. The highest BCUT2D eigenvalue weighted by atomic mass is 16.3. The SMILES string of the molecule is Cc1ccnn1-c1ccc(C(=O)NC[C@H]2CCCN2C(=O)C(C)CO)cc1. The summed E-state index contributed by atoms with van der Waals surface area (Å²) in [7, 11) is 0. The molecule has 0 spiro atoms. The quantitative estimate of drug-likeness (QED) is 0.807. The lowest BCUT2D eigenvalue weighted by Gasteiger charge is -2.27. The van der Waals surface area contributed by atoms with Crippen LogP contribution in [0.25, 0.3) is 5.69 Å². The Morgan fingerprint density at radius 1 is 1.30 bits per heavy atom. The maximum Gasteiger partial charge on any atom is 0.251 e. The lowest BCUT2D eigenvalue weighted by Crippen LogP contribution is -2.45. The third-order valence-corrected chi connectivity index (χ3v) is 5.06. The number of likely N-dealkylation sites (tertiary alicyclic amines) is 1. The van der Waals surface area contributed by atoms with Crippen molar-refractivity contribution < 1.29 is 14.7 Å². The van der Waals surface area contributed by atoms with Crippen LogP contribution >= 0.6 is 0 Å². The van der Waals surface area contributed by atoms with E-state index >= 15 is 0 Å². The summed E-state index contributed by atoms with van der Waals surface area (Å²) in [6, 6.07) is 9.19. The number of carbonyl (C=O) groups is 2. The van der Waals surface area contributed by atoms with Gasteiger partial charge in [-0.25, -0.2) is 4.68 Å². The molecule has 144 valence electrons. The Morgan fingerprint density at radius 3 is 2.67 bits per heavy atom. The number of hydrogen-bond donors (Lipinski definition) is 2. The van der Waals surface area contributed by atoms with Gasteiger partial charge < -0.3 is 15.3 Å². The van der Waals surface area contributed by atoms with E-state index in [9.17, 15) is 14.7 Å². The molecule has 2 atom stereocenters. The van der Waals surface area contributed by atoms with Crippen LogP contribution in [-0.4, -0.2) is 57.3 Å². The Labute approximate surface area is 159 Å². The van der Waals surface area contributed by atoms with Gasteiger partial charge in [-0.2, -0.15) is 5.10 Å². The number of benzene rings is 1. The fraction of sp³-hybridized carbons (Fsp3) is 0.450. The van der Waals surface area contributed by atoms with Gasteiger partial charge in [0.15, 0.2) is 0 Å². The molecule has 0 bridgehead atoms. The molecule has 1 aliphatic rings. The van der Waals surface area contributed by atoms with Crippen molar-refractivity contribution in [1.82, 2.24) is 20.0 Å². The van der Waals surface area contributed by atoms with Gasteiger partial charge in [-0.05, 0) is 50.1 Å². The Hall–Kier alpha value is -2.67. The molecule has 2 amide bonds. The van der Waals surface area contributed by atoms with Crippen LogP contribution in [0.2, 0.25) is 0 Å². The van der Waals surface area contributed by atoms with E-state index in [4.69, 9.17) is 0 Å². The smallest absolute Gasteiger partial charge is 0.251 e. The van der Waals surface area contributed by atoms with E-state index in [0.29, 0.717) is 18.7 Å². The largest absolute Gasteiger partial charge is 0.396 e. The summed E-state index contributed by atoms with van der Waals surface area (Å²) in [6.45, 7) is 4.64. The molecule has 0 aliphatic carbocycles. The summed E-state index contributed by atoms with van der Waals surface area (Å²) in [5.74, 6) is -0.610. The highest BCUT2D eigenvalue weighted by Crippen LogP contribution is 2.19. The summed E-state index contributed by atoms with van der Waals surface area (Å²) in [5.41, 5.74) is 2.50. The maximum atomic E-state index is 12.5. The predicted octanol–water partition coefficient (Wildman–Crippen LogP) is 1.53. The monoisotopic (exact) mass is 370 g/mol. The third kappa shape index (κ3) is 4.19. The average molecular weight is 370 g/mol. The molecular formula is C20H26N4O3. The van der Waals surface area contributed by atoms with Gasteiger partial charge in [-0.15, -0.1) is 0 Å². The molecular weight excluding hydrogens is 344 g/mol. The summed E-state index contributed by atoms with van der Waals surface area (Å²) >= 11 is 0. The molecule has 2 heterocycles. The molecule has 0 radical (unpaired) electrons. The van der Waals surface area contributed by atoms with Crippen molar-refractivity contribution in [3.8, 4) is 5.69 Å². The summed E-state index contributed by atoms with van der Waals surface area (Å²) < 4.78 is 1.81. The molecule has 1 aromatic heterocycles. The lowest BCUT2D eigenvalue weighted by atomic mass is 10.1. The van der Waals surface area contributed by atoms with Gasteiger partial charge in [0.1, 0.15) is 0 Å². The molecule has 1 unspecified atom stereocenters. The first-order chi connectivity index (χ1) is 13.0. The van der Waals surface area contributed by atoms with Gasteiger partial charge in [0.05, 0.1) is 18.2 Å². The highest BCUT2D eigenvalue weighted by Gasteiger charge is 2.31. The molecule has 1 saturated heterocycles. The third-order valence-electron chi connectivity index (χ3n) is 5.06. The normalized spacial score (nSPS) is 17.7. The van der Waals surface area contributed by atoms with Crippen LogP contribution in [0, 0.1) is 12.8 Å². The maximum absolute atomic E-state index is 12.5. The predicted molar refractivity (Wildman–Crippen MR) is 102 cm³/mol. The second kappa shape index (κ2) is 8.35. The molecule has 2 aromatic rings. The first-order valence-electron chi connectivity index (χ1n) is 9.32. The van der Waals surface area contributed by atoms with Gasteiger partial charge >= 0.3 is 0 Å². The molecule has 7 heteroatoms. The van der Waals surface area contributed by atoms with Gasteiger partial charge in [0, 0.05) is 36.6 Å². The standard InChI is InChI=1S/C20H26N4O3/c1-14(13-25)20(27)23-11-3-4-18(23)12-21-19(26)16-5-7-17(8-6-16)24-15(2)9-10-22-24/h5-10,14,18,25H,3-4,11-13H2,1-2H3,(H,21,26)/t14?,18-/m1/s1. The molecule has 0 saturated carbocycles. The van der Waals surface area contributed by atoms with Crippen LogP contribution in [-0.2, 0) is 4.79 Å². The van der Waals surface area contributed by atoms with Crippen molar-refractivity contribution >= 4 is 11.8 Å². The highest BCUT2D eigenvalue weighted by molar-refractivity contribution is 5.94. The van der Waals surface area contributed by atoms with E-state index in [0.717, 1.165) is 24.2 Å². The number of aromatic nitrogens is 2. The number of hydrogen-bond acceptors (Lipinski definition) is 4. The van der Waals surface area contributed by atoms with Crippen LogP contribution in [0.1, 0.15) is 35.8 Å². The van der Waals surface area contributed by atoms with Crippen LogP contribution in [0.15, 0.2) is 36.5 Å². The number of carbonyl (C=O) groups excluding carboxylic acids is 2. The van der Waals surface area contributed by atoms with Crippen LogP contribution in [0.3, 0.4) is 0 Å². The van der Waals surface area contributed by atoms with Crippen LogP contribution < -0.4 is 5.32 Å². The Morgan fingerprint density at radius 2 is 2.04 bits per heavy atom. The Balaban J connectivity index is 1.59. The van der Waals surface area contributed by atoms with E-state index in [-0.39, 0.29) is 24.5 Å². The zero-order valence-corrected chi connectivity index (χ0v) is 15.8. The fourth-order valence-corrected chi connectivity index (χ4v) is 3.41. The Kier molecular flexibility index (Phi) is 5.91. The number of aliphatic hydroxyl groups excluding tert-OH is 1. The minimum atomic E-state index is -0.403. The number of aliphatic hydroxyl groups is 1. The minimum Gasteiger partial charge on any atom is -0.396 e. The number of nitrogens with zero attached hydrogens (tertiary/aromatic N) is 3. The fourth-order valence-electron chi connectivity index (χ4n) is 3.41. The Bertz CT molecular complexity index is 800. The zero-order chi connectivity index (χ0) is 19.4. The van der Waals surface area contributed by atoms with Gasteiger partial charge in [-0.3, -0.25) is 9.59 Å². The number of aryl methyl sites for hydroxylation is 1. The topological polar surface area (TPSA) is 87.5 Å². The second-order valence-corrected chi connectivity index (χ2v) is 7.05. The zero-order valence-electron chi connectivity index (χ0n) is 15.8. The van der Waals surface area contributed by atoms with E-state index in [2.05, 4.69) is 10.4 Å². The van der Waals surface area contributed by atoms with Gasteiger partial charge in [0.25, 0.3) is 5.91 Å². The molecule has 1 aromatic carbocycles. The van der Waals surface area contributed by atoms with Crippen LogP contribution in [0.5, 0.6) is 0 Å². The summed E-state index contributed by atoms with van der Waals surface area (Å²) in [5, 5.41) is 16.4. The van der Waals surface area contributed by atoms with Crippen LogP contribution in [0.4, 0.5) is 0 Å². The molecule has 2 N–H and O–H groups in total. The molecule has 7 nitrogen and oxygen atoms in total. The van der Waals surface area contributed by atoms with E-state index in [1.54, 1.807) is 30.2 Å². The van der Waals surface area contributed by atoms with Gasteiger partial charge in [0.2, 0.25) is 5.91 Å².